The molecule has 9 unspecified atom stereocenters. The van der Waals surface area contributed by atoms with E-state index in [1.54, 1.807) is 90.1 Å². The maximum atomic E-state index is 15.3. The lowest BCUT2D eigenvalue weighted by atomic mass is 9.93. The van der Waals surface area contributed by atoms with E-state index in [1.165, 1.54) is 172 Å². The first-order valence-corrected chi connectivity index (χ1v) is 42.3. The van der Waals surface area contributed by atoms with E-state index in [0.29, 0.717) is 12.8 Å². The van der Waals surface area contributed by atoms with Crippen LogP contribution in [0.2, 0.25) is 0 Å². The molecule has 3 N–H and O–H groups in total. The average Bonchev–Trinajstić information content (AvgIpc) is 0.908. The van der Waals surface area contributed by atoms with E-state index in [1.807, 2.05) is 74.5 Å². The zero-order valence-electron chi connectivity index (χ0n) is 72.9. The molecule has 2 heterocycles. The number of rotatable bonds is 37. The largest absolute Gasteiger partial charge is 0.394 e. The minimum Gasteiger partial charge on any atom is -0.394 e. The summed E-state index contributed by atoms with van der Waals surface area (Å²) in [5, 5.41) is 16.0. The van der Waals surface area contributed by atoms with Crippen LogP contribution in [0.5, 0.6) is 0 Å². The van der Waals surface area contributed by atoms with Gasteiger partial charge in [-0.3, -0.25) is 67.1 Å². The number of likely N-dealkylation sites (N-methyl/N-ethyl adjacent to an activating group) is 12. The Kier molecular flexibility index (Phi) is 37.5. The number of nitrogens with one attached hydrogen (secondary N) is 2. The van der Waals surface area contributed by atoms with Crippen molar-refractivity contribution in [2.45, 2.75) is 227 Å². The molecular weight excluding hydrogens is 1500 g/mol. The van der Waals surface area contributed by atoms with E-state index in [-0.39, 0.29) is 43.3 Å². The first-order chi connectivity index (χ1) is 53.1. The van der Waals surface area contributed by atoms with E-state index in [4.69, 9.17) is 0 Å². The number of hydrogen-bond acceptors (Lipinski definition) is 17. The van der Waals surface area contributed by atoms with Crippen LogP contribution in [-0.4, -0.2) is 334 Å². The molecule has 638 valence electrons. The Labute approximate surface area is 685 Å². The number of carbonyl (C=O) groups excluding carboxylic acids is 14. The molecule has 0 bridgehead atoms. The van der Waals surface area contributed by atoms with Gasteiger partial charge in [0.25, 0.3) is 0 Å². The third-order valence-corrected chi connectivity index (χ3v) is 25.4. The van der Waals surface area contributed by atoms with E-state index in [9.17, 15) is 48.3 Å². The molecule has 0 radical (unpaired) electrons. The molecular formula is C83H134N14O15S2. The number of aliphatic hydroxyl groups excluding tert-OH is 1. The Morgan fingerprint density at radius 2 is 0.737 bits per heavy atom. The summed E-state index contributed by atoms with van der Waals surface area (Å²) in [5.74, 6) is -10.9. The first kappa shape index (κ1) is 98.0. The molecule has 0 aromatic heterocycles. The predicted molar refractivity (Wildman–Crippen MR) is 444 cm³/mol. The Bertz CT molecular complexity index is 3670. The standard InChI is InChI=1S/C83H134N14O15S2/c1-29-53(14)70(97(28)75(104)59(43-57-38-34-31-35-39-57)85-71(100)60-40-41-63(99)88(60)19)83(112)87(18)55(16)74(103)92(23)67(50(8)9)80(109)95(26)69(52(12)13)82(111)96(27)68(51(10)11)81(110)93(24)64(47(2)3)77(106)86(17)54(15)73(102)91(22)66(49(6)7)79(108)94(25)65(48(4)5)78(107)90(21)62-46-114-113-45-61(89(20)76(62)105)72(101)84-58(44-98)42-56-36-32-30-33-37-56/h30-39,47-55,58-62,64-70,98H,29,40-46H2,1-28H3,(H,84,101)(H,85,100)/t53?,54-,55-,58?,59-,60?,61?,62?,64?,65-,66?,67-,68-,69?,70?/m0/s1. The van der Waals surface area contributed by atoms with E-state index >= 15 is 24.0 Å². The number of likely N-dealkylation sites (tertiary alicyclic amines) is 1. The van der Waals surface area contributed by atoms with Crippen LogP contribution in [0.1, 0.15) is 141 Å². The summed E-state index contributed by atoms with van der Waals surface area (Å²) in [6, 6.07) is 3.30. The predicted octanol–water partition coefficient (Wildman–Crippen LogP) is 4.57. The van der Waals surface area contributed by atoms with Crippen LogP contribution < -0.4 is 10.6 Å². The van der Waals surface area contributed by atoms with Gasteiger partial charge >= 0.3 is 0 Å². The molecule has 31 heteroatoms. The molecule has 4 rings (SSSR count). The summed E-state index contributed by atoms with van der Waals surface area (Å²) in [6.45, 7) is 27.4. The van der Waals surface area contributed by atoms with Crippen molar-refractivity contribution in [3.8, 4) is 0 Å². The molecule has 14 amide bonds. The third kappa shape index (κ3) is 23.5. The molecule has 2 saturated heterocycles. The van der Waals surface area contributed by atoms with E-state index in [2.05, 4.69) is 10.6 Å². The van der Waals surface area contributed by atoms with Gasteiger partial charge in [-0.25, -0.2) is 0 Å². The highest BCUT2D eigenvalue weighted by Crippen LogP contribution is 2.32. The van der Waals surface area contributed by atoms with Crippen molar-refractivity contribution in [3.05, 3.63) is 71.8 Å². The summed E-state index contributed by atoms with van der Waals surface area (Å²) >= 11 is 0. The Morgan fingerprint density at radius 1 is 0.412 bits per heavy atom. The molecule has 2 fully saturated rings. The lowest BCUT2D eigenvalue weighted by Crippen LogP contribution is -2.63. The second kappa shape index (κ2) is 43.6. The Hall–Kier alpha value is -8.32. The van der Waals surface area contributed by atoms with Gasteiger partial charge < -0.3 is 74.5 Å². The molecule has 2 aromatic carbocycles. The minimum absolute atomic E-state index is 0.0842. The van der Waals surface area contributed by atoms with Crippen molar-refractivity contribution >= 4 is 104 Å². The number of nitrogens with zero attached hydrogens (tertiary/aromatic N) is 12. The number of benzene rings is 2. The van der Waals surface area contributed by atoms with E-state index in [0.717, 1.165) is 11.1 Å². The van der Waals surface area contributed by atoms with Gasteiger partial charge in [-0.2, -0.15) is 0 Å². The number of aliphatic hydroxyl groups is 1. The fraction of sp³-hybridized carbons (Fsp3) is 0.687. The van der Waals surface area contributed by atoms with Gasteiger partial charge in [-0.15, -0.1) is 0 Å². The zero-order valence-corrected chi connectivity index (χ0v) is 74.5. The SMILES string of the molecule is CCC(C)C(C(=O)N(C)[C@@H](C)C(=O)N(C)[C@H](C(=O)N(C)C(C(=O)N(C)[C@H](C(=O)N(C)C(C(=O)N(C)[C@@H](C)C(=O)N(C)C(C(=O)N(C)[C@H](C(=O)N(C)C1CSSCC(C(=O)NC(CO)Cc2ccccc2)N(C)C1=O)C(C)C)C(C)C)C(C)C)C(C)C)C(C)C)C(C)C)N(C)C(=O)[C@H](Cc1ccccc1)NC(=O)C1CCC(=O)N1C. The maximum absolute atomic E-state index is 15.3. The van der Waals surface area contributed by atoms with Crippen LogP contribution in [0, 0.1) is 41.4 Å². The molecule has 0 aliphatic carbocycles. The summed E-state index contributed by atoms with van der Waals surface area (Å²) in [4.78, 5) is 220. The minimum atomic E-state index is -1.22. The molecule has 15 atom stereocenters. The Morgan fingerprint density at radius 3 is 1.09 bits per heavy atom. The van der Waals surface area contributed by atoms with Crippen LogP contribution in [0.15, 0.2) is 60.7 Å². The smallest absolute Gasteiger partial charge is 0.246 e. The van der Waals surface area contributed by atoms with Gasteiger partial charge in [0.2, 0.25) is 82.7 Å². The molecule has 2 aliphatic heterocycles. The highest BCUT2D eigenvalue weighted by molar-refractivity contribution is 8.76. The normalized spacial score (nSPS) is 18.5. The Balaban J connectivity index is 1.54. The zero-order chi connectivity index (χ0) is 86.8. The topological polar surface area (TPSA) is 322 Å². The van der Waals surface area contributed by atoms with Crippen molar-refractivity contribution in [1.29, 1.82) is 0 Å². The van der Waals surface area contributed by atoms with Crippen molar-refractivity contribution in [2.75, 3.05) is 103 Å². The van der Waals surface area contributed by atoms with Gasteiger partial charge in [0.05, 0.1) is 12.6 Å². The molecule has 29 nitrogen and oxygen atoms in total. The van der Waals surface area contributed by atoms with Crippen LogP contribution in [0.4, 0.5) is 0 Å². The lowest BCUT2D eigenvalue weighted by Gasteiger charge is -2.43. The quantitative estimate of drug-likeness (QED) is 0.0780. The van der Waals surface area contributed by atoms with Crippen LogP contribution in [0.25, 0.3) is 0 Å². The second-order valence-electron chi connectivity index (χ2n) is 33.2. The monoisotopic (exact) mass is 1630 g/mol. The van der Waals surface area contributed by atoms with Gasteiger partial charge in [0.1, 0.15) is 78.5 Å². The molecule has 2 aromatic rings. The number of amides is 14. The van der Waals surface area contributed by atoms with Gasteiger partial charge in [-0.05, 0) is 79.2 Å². The van der Waals surface area contributed by atoms with Crippen LogP contribution in [0.3, 0.4) is 0 Å². The van der Waals surface area contributed by atoms with Crippen molar-refractivity contribution in [3.63, 3.8) is 0 Å². The average molecular weight is 1630 g/mol. The summed E-state index contributed by atoms with van der Waals surface area (Å²) in [7, 11) is 20.4. The summed E-state index contributed by atoms with van der Waals surface area (Å²) in [5.41, 5.74) is 1.65. The highest BCUT2D eigenvalue weighted by Gasteiger charge is 2.49. The molecule has 0 saturated carbocycles. The summed E-state index contributed by atoms with van der Waals surface area (Å²) < 4.78 is 0. The summed E-state index contributed by atoms with van der Waals surface area (Å²) in [6.07, 6.45) is 1.36. The van der Waals surface area contributed by atoms with Crippen molar-refractivity contribution in [2.24, 2.45) is 41.4 Å². The first-order valence-electron chi connectivity index (χ1n) is 39.8. The van der Waals surface area contributed by atoms with E-state index < -0.39 is 203 Å². The second-order valence-corrected chi connectivity index (χ2v) is 35.8. The fourth-order valence-corrected chi connectivity index (χ4v) is 18.2. The molecule has 114 heavy (non-hydrogen) atoms. The van der Waals surface area contributed by atoms with Gasteiger partial charge in [0, 0.05) is 109 Å². The molecule has 2 aliphatic rings. The maximum Gasteiger partial charge on any atom is 0.246 e. The van der Waals surface area contributed by atoms with Gasteiger partial charge in [0.15, 0.2) is 0 Å². The highest BCUT2D eigenvalue weighted by atomic mass is 33.1. The number of carbonyl (C=O) groups is 14. The van der Waals surface area contributed by atoms with Gasteiger partial charge in [-0.1, -0.05) is 186 Å². The third-order valence-electron chi connectivity index (χ3n) is 23.0. The number of hydrogen-bond donors (Lipinski definition) is 3. The molecule has 0 spiro atoms. The van der Waals surface area contributed by atoms with Crippen LogP contribution >= 0.6 is 21.6 Å². The lowest BCUT2D eigenvalue weighted by molar-refractivity contribution is -0.160. The van der Waals surface area contributed by atoms with Crippen LogP contribution in [-0.2, 0) is 80.0 Å². The van der Waals surface area contributed by atoms with Crippen molar-refractivity contribution < 1.29 is 72.2 Å². The fourth-order valence-electron chi connectivity index (χ4n) is 15.6. The van der Waals surface area contributed by atoms with Crippen molar-refractivity contribution in [1.82, 2.24) is 69.4 Å².